The Labute approximate surface area is 438 Å². The quantitative estimate of drug-likeness (QED) is 0.0767. The number of amides is 2. The van der Waals surface area contributed by atoms with Crippen molar-refractivity contribution >= 4 is 75.0 Å². The molecule has 390 valence electrons. The second-order valence-electron chi connectivity index (χ2n) is 16.5. The lowest BCUT2D eigenvalue weighted by Gasteiger charge is -2.30. The monoisotopic (exact) mass is 1070 g/mol. The molecule has 2 N–H and O–H groups in total. The van der Waals surface area contributed by atoms with Crippen LogP contribution in [-0.2, 0) is 45.1 Å². The first-order valence-corrected chi connectivity index (χ1v) is 23.2. The second-order valence-corrected chi connectivity index (χ2v) is 17.3. The third kappa shape index (κ3) is 13.2. The average Bonchev–Trinajstić information content (AvgIpc) is 3.41. The SMILES string of the molecule is COc1cc2c(cc1N)OCC(=O)N2Cc1ccc(Cl)cc1.COc1cc2c(cc1[N+](=O)[O-])OCC(=O)C2.COc1cc2c(cc1[N+](=O)[O-])OCC(=O)N2Cc1ccc(Cl)cc1.COc1ccc2c(c1)CC(=O)CO2. The van der Waals surface area contributed by atoms with Crippen LogP contribution >= 0.6 is 23.2 Å². The molecule has 0 aromatic heterocycles. The van der Waals surface area contributed by atoms with Crippen LogP contribution < -0.4 is 53.4 Å². The highest BCUT2D eigenvalue weighted by molar-refractivity contribution is 6.30. The summed E-state index contributed by atoms with van der Waals surface area (Å²) in [6.45, 7) is 0.707. The first-order chi connectivity index (χ1) is 36.0. The van der Waals surface area contributed by atoms with Crippen molar-refractivity contribution < 1.29 is 66.9 Å². The molecule has 0 radical (unpaired) electrons. The Morgan fingerprint density at radius 2 is 0.947 bits per heavy atom. The van der Waals surface area contributed by atoms with Crippen molar-refractivity contribution in [2.45, 2.75) is 25.9 Å². The summed E-state index contributed by atoms with van der Waals surface area (Å²) in [5.74, 6) is 3.21. The predicted octanol–water partition coefficient (Wildman–Crippen LogP) is 8.35. The first-order valence-electron chi connectivity index (χ1n) is 22.5. The van der Waals surface area contributed by atoms with Crippen molar-refractivity contribution in [2.24, 2.45) is 0 Å². The molecule has 75 heavy (non-hydrogen) atoms. The zero-order valence-electron chi connectivity index (χ0n) is 40.6. The van der Waals surface area contributed by atoms with Gasteiger partial charge in [-0.3, -0.25) is 39.4 Å². The Balaban J connectivity index is 0.000000150. The Bertz CT molecular complexity index is 3160. The van der Waals surface area contributed by atoms with E-state index in [1.807, 2.05) is 42.5 Å². The summed E-state index contributed by atoms with van der Waals surface area (Å²) in [4.78, 5) is 70.6. The zero-order chi connectivity index (χ0) is 53.9. The lowest BCUT2D eigenvalue weighted by atomic mass is 10.0. The second kappa shape index (κ2) is 24.3. The molecule has 10 rings (SSSR count). The Kier molecular flexibility index (Phi) is 17.5. The van der Waals surface area contributed by atoms with E-state index in [1.54, 1.807) is 48.4 Å². The van der Waals surface area contributed by atoms with Gasteiger partial charge in [0, 0.05) is 52.2 Å². The maximum atomic E-state index is 12.2. The summed E-state index contributed by atoms with van der Waals surface area (Å²) in [6.07, 6.45) is 0.677. The van der Waals surface area contributed by atoms with Crippen molar-refractivity contribution in [3.63, 3.8) is 0 Å². The number of hydrogen-bond acceptors (Lipinski definition) is 17. The minimum Gasteiger partial charge on any atom is -0.497 e. The van der Waals surface area contributed by atoms with Crippen LogP contribution in [0.25, 0.3) is 0 Å². The normalized spacial score (nSPS) is 13.7. The van der Waals surface area contributed by atoms with Crippen molar-refractivity contribution in [3.8, 4) is 46.0 Å². The van der Waals surface area contributed by atoms with Gasteiger partial charge in [-0.05, 0) is 59.7 Å². The maximum Gasteiger partial charge on any atom is 0.314 e. The van der Waals surface area contributed by atoms with E-state index < -0.39 is 9.85 Å². The molecule has 2 amide bonds. The topological polar surface area (TPSA) is 261 Å². The van der Waals surface area contributed by atoms with Crippen LogP contribution in [-0.4, -0.2) is 88.1 Å². The van der Waals surface area contributed by atoms with E-state index in [0.29, 0.717) is 69.4 Å². The largest absolute Gasteiger partial charge is 0.497 e. The van der Waals surface area contributed by atoms with E-state index in [2.05, 4.69) is 0 Å². The fourth-order valence-electron chi connectivity index (χ4n) is 7.81. The van der Waals surface area contributed by atoms with Crippen molar-refractivity contribution in [3.05, 3.63) is 156 Å². The van der Waals surface area contributed by atoms with Crippen LogP contribution in [0.1, 0.15) is 22.3 Å². The molecule has 4 aliphatic rings. The number of anilines is 3. The summed E-state index contributed by atoms with van der Waals surface area (Å²) in [7, 11) is 5.82. The van der Waals surface area contributed by atoms with Gasteiger partial charge in [-0.15, -0.1) is 0 Å². The molecule has 0 aliphatic carbocycles. The van der Waals surface area contributed by atoms with E-state index in [9.17, 15) is 39.4 Å². The summed E-state index contributed by atoms with van der Waals surface area (Å²) in [5.41, 5.74) is 10.5. The number of fused-ring (bicyclic) bond motifs is 4. The molecule has 21 nitrogen and oxygen atoms in total. The van der Waals surface area contributed by atoms with E-state index >= 15 is 0 Å². The van der Waals surface area contributed by atoms with Crippen LogP contribution in [0.15, 0.2) is 103 Å². The molecule has 6 aromatic rings. The zero-order valence-corrected chi connectivity index (χ0v) is 42.1. The van der Waals surface area contributed by atoms with E-state index in [1.165, 1.54) is 50.5 Å². The number of carbonyl (C=O) groups is 4. The molecule has 0 saturated carbocycles. The average molecular weight is 1070 g/mol. The number of nitrogens with two attached hydrogens (primary N) is 1. The molecule has 0 saturated heterocycles. The van der Waals surface area contributed by atoms with Crippen LogP contribution in [0, 0.1) is 20.2 Å². The van der Waals surface area contributed by atoms with Gasteiger partial charge in [0.1, 0.15) is 42.0 Å². The number of nitrogens with zero attached hydrogens (tertiary/aromatic N) is 4. The van der Waals surface area contributed by atoms with Gasteiger partial charge in [0.15, 0.2) is 42.0 Å². The summed E-state index contributed by atoms with van der Waals surface area (Å²) >= 11 is 11.8. The van der Waals surface area contributed by atoms with Crippen molar-refractivity contribution in [1.29, 1.82) is 0 Å². The number of nitro groups is 2. The summed E-state index contributed by atoms with van der Waals surface area (Å²) in [6, 6.07) is 28.9. The molecule has 0 bridgehead atoms. The number of nitrogen functional groups attached to an aromatic ring is 1. The van der Waals surface area contributed by atoms with E-state index in [-0.39, 0.29) is 84.9 Å². The molecular weight excluding hydrogens is 1020 g/mol. The molecular formula is C52H47Cl2N5O16. The minimum absolute atomic E-state index is 0.00758. The fourth-order valence-corrected chi connectivity index (χ4v) is 8.06. The number of ether oxygens (including phenoxy) is 8. The van der Waals surface area contributed by atoms with Crippen molar-refractivity contribution in [1.82, 2.24) is 0 Å². The van der Waals surface area contributed by atoms with E-state index in [0.717, 1.165) is 28.2 Å². The van der Waals surface area contributed by atoms with Gasteiger partial charge in [0.25, 0.3) is 11.8 Å². The molecule has 23 heteroatoms. The van der Waals surface area contributed by atoms with Crippen LogP contribution in [0.2, 0.25) is 10.0 Å². The van der Waals surface area contributed by atoms with Gasteiger partial charge in [-0.25, -0.2) is 0 Å². The molecule has 0 unspecified atom stereocenters. The van der Waals surface area contributed by atoms with E-state index in [4.69, 9.17) is 66.8 Å². The molecule has 0 fully saturated rings. The van der Waals surface area contributed by atoms with Gasteiger partial charge in [-0.2, -0.15) is 0 Å². The Morgan fingerprint density at radius 1 is 0.520 bits per heavy atom. The number of methoxy groups -OCH3 is 4. The summed E-state index contributed by atoms with van der Waals surface area (Å²) < 4.78 is 41.4. The number of benzene rings is 6. The number of nitro benzene ring substituents is 2. The van der Waals surface area contributed by atoms with Gasteiger partial charge < -0.3 is 53.4 Å². The molecule has 0 spiro atoms. The molecule has 4 aliphatic heterocycles. The molecule has 6 aromatic carbocycles. The van der Waals surface area contributed by atoms with Gasteiger partial charge in [0.2, 0.25) is 0 Å². The van der Waals surface area contributed by atoms with Crippen LogP contribution in [0.3, 0.4) is 0 Å². The Hall–Kier alpha value is -8.82. The third-order valence-electron chi connectivity index (χ3n) is 11.5. The van der Waals surface area contributed by atoms with Gasteiger partial charge in [-0.1, -0.05) is 47.5 Å². The molecule has 4 heterocycles. The number of hydrogen-bond donors (Lipinski definition) is 1. The highest BCUT2D eigenvalue weighted by atomic mass is 35.5. The predicted molar refractivity (Wildman–Crippen MR) is 274 cm³/mol. The highest BCUT2D eigenvalue weighted by Crippen LogP contribution is 2.43. The lowest BCUT2D eigenvalue weighted by molar-refractivity contribution is -0.386. The number of Topliss-reactive ketones (excluding diaryl/α,β-unsaturated/α-hetero) is 2. The number of ketones is 2. The number of halogens is 2. The maximum absolute atomic E-state index is 12.2. The van der Waals surface area contributed by atoms with Crippen LogP contribution in [0.5, 0.6) is 46.0 Å². The van der Waals surface area contributed by atoms with Gasteiger partial charge >= 0.3 is 11.4 Å². The standard InChI is InChI=1S/C16H13ClN2O5.C16H15ClN2O3.C10H9NO5.C10H10O3/c1-23-14-6-12-15(7-13(14)19(21)22)24-9-16(20)18(12)8-10-2-4-11(17)5-3-10;1-21-14-7-13-15(6-12(14)18)22-9-16(20)19(13)8-10-2-4-11(17)5-3-10;1-15-10-3-6-2-7(12)5-16-9(6)4-8(10)11(13)14;1-12-9-2-3-10-7(5-9)4-8(11)6-13-10/h2-7H,8-9H2,1H3;2-7H,8-9,18H2,1H3;3-4H,2,5H2,1H3;2-3,5H,4,6H2,1H3. The first kappa shape index (κ1) is 54.0. The molecule has 0 atom stereocenters. The minimum atomic E-state index is -0.553. The smallest absolute Gasteiger partial charge is 0.314 e. The Morgan fingerprint density at radius 3 is 1.43 bits per heavy atom. The number of rotatable bonds is 10. The number of carbonyl (C=O) groups excluding carboxylic acids is 4. The lowest BCUT2D eigenvalue weighted by Crippen LogP contribution is -2.38. The highest BCUT2D eigenvalue weighted by Gasteiger charge is 2.31. The fraction of sp³-hybridized carbons (Fsp3) is 0.231. The van der Waals surface area contributed by atoms with Crippen LogP contribution in [0.4, 0.5) is 28.4 Å². The van der Waals surface area contributed by atoms with Crippen molar-refractivity contribution in [2.75, 3.05) is 70.4 Å². The van der Waals surface area contributed by atoms with Gasteiger partial charge in [0.05, 0.1) is 80.6 Å². The summed E-state index contributed by atoms with van der Waals surface area (Å²) in [5, 5.41) is 23.1. The third-order valence-corrected chi connectivity index (χ3v) is 12.0.